The molecule has 0 saturated carbocycles. The molecule has 4 heteroatoms. The number of hydrogen-bond acceptors (Lipinski definition) is 3. The van der Waals surface area contributed by atoms with Gasteiger partial charge in [0.25, 0.3) is 0 Å². The maximum absolute atomic E-state index is 9.29. The zero-order chi connectivity index (χ0) is 12.4. The van der Waals surface area contributed by atoms with E-state index in [1.807, 2.05) is 12.1 Å². The second-order valence-electron chi connectivity index (χ2n) is 4.35. The van der Waals surface area contributed by atoms with Gasteiger partial charge in [0.2, 0.25) is 0 Å². The number of nitrogens with two attached hydrogens (primary N) is 1. The number of aromatic amines is 1. The van der Waals surface area contributed by atoms with Crippen LogP contribution in [-0.2, 0) is 6.54 Å². The van der Waals surface area contributed by atoms with Crippen molar-refractivity contribution in [2.24, 2.45) is 5.73 Å². The lowest BCUT2D eigenvalue weighted by Crippen LogP contribution is -1.98. The summed E-state index contributed by atoms with van der Waals surface area (Å²) in [6, 6.07) is 7.04. The topological polar surface area (TPSA) is 74.9 Å². The van der Waals surface area contributed by atoms with Crippen molar-refractivity contribution in [3.8, 4) is 17.0 Å². The van der Waals surface area contributed by atoms with Crippen molar-refractivity contribution < 1.29 is 5.11 Å². The number of aromatic hydroxyl groups is 1. The number of rotatable bonds is 3. The van der Waals surface area contributed by atoms with Gasteiger partial charge in [0, 0.05) is 11.3 Å². The standard InChI is InChI=1S/C13H17N3O/c1-8(2)12-13(16-11(7-14)15-12)9-3-5-10(17)6-4-9/h3-6,8,17H,7,14H2,1-2H3,(H,15,16). The van der Waals surface area contributed by atoms with Crippen LogP contribution in [0.1, 0.15) is 31.3 Å². The predicted octanol–water partition coefficient (Wildman–Crippen LogP) is 2.36. The monoisotopic (exact) mass is 231 g/mol. The molecule has 2 aromatic rings. The summed E-state index contributed by atoms with van der Waals surface area (Å²) in [4.78, 5) is 7.73. The van der Waals surface area contributed by atoms with Gasteiger partial charge in [0.1, 0.15) is 11.6 Å². The molecule has 0 aliphatic rings. The van der Waals surface area contributed by atoms with E-state index in [0.717, 1.165) is 22.8 Å². The molecule has 1 heterocycles. The van der Waals surface area contributed by atoms with Crippen molar-refractivity contribution in [3.63, 3.8) is 0 Å². The van der Waals surface area contributed by atoms with Crippen molar-refractivity contribution in [1.29, 1.82) is 0 Å². The third kappa shape index (κ3) is 2.31. The fourth-order valence-electron chi connectivity index (χ4n) is 1.79. The van der Waals surface area contributed by atoms with Gasteiger partial charge in [-0.15, -0.1) is 0 Å². The molecule has 0 spiro atoms. The van der Waals surface area contributed by atoms with Gasteiger partial charge < -0.3 is 15.8 Å². The van der Waals surface area contributed by atoms with Crippen molar-refractivity contribution in [2.75, 3.05) is 0 Å². The number of imidazole rings is 1. The third-order valence-corrected chi connectivity index (χ3v) is 2.69. The van der Waals surface area contributed by atoms with E-state index >= 15 is 0 Å². The van der Waals surface area contributed by atoms with E-state index in [1.165, 1.54) is 0 Å². The van der Waals surface area contributed by atoms with Crippen LogP contribution in [0.15, 0.2) is 24.3 Å². The van der Waals surface area contributed by atoms with Gasteiger partial charge in [-0.2, -0.15) is 0 Å². The first-order chi connectivity index (χ1) is 8.11. The van der Waals surface area contributed by atoms with E-state index in [-0.39, 0.29) is 5.75 Å². The van der Waals surface area contributed by atoms with Crippen LogP contribution < -0.4 is 5.73 Å². The normalized spacial score (nSPS) is 11.1. The van der Waals surface area contributed by atoms with E-state index in [0.29, 0.717) is 12.5 Å². The van der Waals surface area contributed by atoms with Crippen LogP contribution >= 0.6 is 0 Å². The van der Waals surface area contributed by atoms with Crippen molar-refractivity contribution in [1.82, 2.24) is 9.97 Å². The number of H-pyrrole nitrogens is 1. The third-order valence-electron chi connectivity index (χ3n) is 2.69. The summed E-state index contributed by atoms with van der Waals surface area (Å²) in [6.07, 6.45) is 0. The Kier molecular flexibility index (Phi) is 3.15. The molecule has 90 valence electrons. The van der Waals surface area contributed by atoms with Gasteiger partial charge in [-0.1, -0.05) is 13.8 Å². The molecule has 0 amide bonds. The maximum Gasteiger partial charge on any atom is 0.120 e. The van der Waals surface area contributed by atoms with Gasteiger partial charge in [0.05, 0.1) is 12.2 Å². The molecular formula is C13H17N3O. The molecule has 4 nitrogen and oxygen atoms in total. The molecule has 0 fully saturated rings. The fraction of sp³-hybridized carbons (Fsp3) is 0.308. The van der Waals surface area contributed by atoms with Crippen LogP contribution in [0, 0.1) is 0 Å². The molecule has 0 saturated heterocycles. The number of phenolic OH excluding ortho intramolecular Hbond substituents is 1. The quantitative estimate of drug-likeness (QED) is 0.759. The Hall–Kier alpha value is -1.81. The summed E-state index contributed by atoms with van der Waals surface area (Å²) in [6.45, 7) is 4.62. The number of hydrogen-bond donors (Lipinski definition) is 3. The largest absolute Gasteiger partial charge is 0.508 e. The summed E-state index contributed by atoms with van der Waals surface area (Å²) >= 11 is 0. The van der Waals surface area contributed by atoms with Gasteiger partial charge in [-0.25, -0.2) is 4.98 Å². The van der Waals surface area contributed by atoms with Gasteiger partial charge >= 0.3 is 0 Å². The molecule has 0 aliphatic carbocycles. The molecule has 1 aromatic carbocycles. The molecular weight excluding hydrogens is 214 g/mol. The van der Waals surface area contributed by atoms with Crippen LogP contribution in [-0.4, -0.2) is 15.1 Å². The first-order valence-electron chi connectivity index (χ1n) is 5.70. The van der Waals surface area contributed by atoms with E-state index in [9.17, 15) is 5.11 Å². The Morgan fingerprint density at radius 3 is 2.47 bits per heavy atom. The van der Waals surface area contributed by atoms with Gasteiger partial charge in [-0.05, 0) is 30.2 Å². The first kappa shape index (κ1) is 11.7. The summed E-state index contributed by atoms with van der Waals surface area (Å²) in [7, 11) is 0. The smallest absolute Gasteiger partial charge is 0.120 e. The highest BCUT2D eigenvalue weighted by Crippen LogP contribution is 2.28. The van der Waals surface area contributed by atoms with Crippen molar-refractivity contribution in [2.45, 2.75) is 26.3 Å². The summed E-state index contributed by atoms with van der Waals surface area (Å²) in [5.41, 5.74) is 8.59. The maximum atomic E-state index is 9.29. The molecule has 17 heavy (non-hydrogen) atoms. The summed E-state index contributed by atoms with van der Waals surface area (Å²) in [5.74, 6) is 1.40. The lowest BCUT2D eigenvalue weighted by atomic mass is 10.0. The van der Waals surface area contributed by atoms with E-state index in [4.69, 9.17) is 5.73 Å². The second kappa shape index (κ2) is 4.59. The lowest BCUT2D eigenvalue weighted by molar-refractivity contribution is 0.475. The highest BCUT2D eigenvalue weighted by molar-refractivity contribution is 5.63. The number of aromatic nitrogens is 2. The van der Waals surface area contributed by atoms with Crippen molar-refractivity contribution >= 4 is 0 Å². The van der Waals surface area contributed by atoms with E-state index in [1.54, 1.807) is 12.1 Å². The Morgan fingerprint density at radius 1 is 1.29 bits per heavy atom. The zero-order valence-electron chi connectivity index (χ0n) is 10.1. The average Bonchev–Trinajstić information content (AvgIpc) is 2.74. The molecule has 0 bridgehead atoms. The van der Waals surface area contributed by atoms with Crippen LogP contribution in [0.4, 0.5) is 0 Å². The van der Waals surface area contributed by atoms with Crippen LogP contribution in [0.25, 0.3) is 11.3 Å². The number of phenols is 1. The minimum absolute atomic E-state index is 0.259. The van der Waals surface area contributed by atoms with Crippen molar-refractivity contribution in [3.05, 3.63) is 35.8 Å². The fourth-order valence-corrected chi connectivity index (χ4v) is 1.79. The average molecular weight is 231 g/mol. The number of benzene rings is 1. The van der Waals surface area contributed by atoms with Crippen LogP contribution in [0.2, 0.25) is 0 Å². The minimum atomic E-state index is 0.259. The first-order valence-corrected chi connectivity index (χ1v) is 5.70. The predicted molar refractivity (Wildman–Crippen MR) is 67.7 cm³/mol. The van der Waals surface area contributed by atoms with Crippen LogP contribution in [0.3, 0.4) is 0 Å². The summed E-state index contributed by atoms with van der Waals surface area (Å²) in [5, 5.41) is 9.29. The Balaban J connectivity index is 2.49. The highest BCUT2D eigenvalue weighted by Gasteiger charge is 2.14. The Bertz CT molecular complexity index is 500. The molecule has 0 atom stereocenters. The summed E-state index contributed by atoms with van der Waals surface area (Å²) < 4.78 is 0. The molecule has 2 rings (SSSR count). The van der Waals surface area contributed by atoms with Crippen LogP contribution in [0.5, 0.6) is 5.75 Å². The SMILES string of the molecule is CC(C)c1[nH]c(CN)nc1-c1ccc(O)cc1. The molecule has 4 N–H and O–H groups in total. The van der Waals surface area contributed by atoms with E-state index in [2.05, 4.69) is 23.8 Å². The Labute approximate surface area is 101 Å². The lowest BCUT2D eigenvalue weighted by Gasteiger charge is -2.05. The number of nitrogens with one attached hydrogen (secondary N) is 1. The minimum Gasteiger partial charge on any atom is -0.508 e. The molecule has 0 radical (unpaired) electrons. The highest BCUT2D eigenvalue weighted by atomic mass is 16.3. The van der Waals surface area contributed by atoms with E-state index < -0.39 is 0 Å². The molecule has 0 unspecified atom stereocenters. The molecule has 0 aliphatic heterocycles. The molecule has 1 aromatic heterocycles. The van der Waals surface area contributed by atoms with Gasteiger partial charge in [-0.3, -0.25) is 0 Å². The zero-order valence-corrected chi connectivity index (χ0v) is 10.1. The Morgan fingerprint density at radius 2 is 1.94 bits per heavy atom. The number of nitrogens with zero attached hydrogens (tertiary/aromatic N) is 1. The second-order valence-corrected chi connectivity index (χ2v) is 4.35. The van der Waals surface area contributed by atoms with Gasteiger partial charge in [0.15, 0.2) is 0 Å².